The highest BCUT2D eigenvalue weighted by Crippen LogP contribution is 2.35. The number of hydrogen-bond donors (Lipinski definition) is 1. The lowest BCUT2D eigenvalue weighted by atomic mass is 10.0. The lowest BCUT2D eigenvalue weighted by molar-refractivity contribution is -0.278. The SMILES string of the molecule is CC(C)c1ccc(Cl)cc1N1C(=O)CS/C1=N\C(=O)NN(C)C(C)c1ccc(-c2nc(OC(F)(F)F)n(-c3ccccc3)n2)cc1. The fourth-order valence-corrected chi connectivity index (χ4v) is 5.73. The minimum absolute atomic E-state index is 0.0354. The van der Waals surface area contributed by atoms with E-state index in [9.17, 15) is 22.8 Å². The lowest BCUT2D eigenvalue weighted by Crippen LogP contribution is -2.40. The molecule has 1 N–H and O–H groups in total. The molecular formula is C31H29ClF3N7O3S. The molecule has 3 aromatic carbocycles. The van der Waals surface area contributed by atoms with Crippen LogP contribution in [0.1, 0.15) is 43.9 Å². The maximum Gasteiger partial charge on any atom is 0.575 e. The quantitative estimate of drug-likeness (QED) is 0.195. The molecule has 0 bridgehead atoms. The Labute approximate surface area is 272 Å². The molecule has 15 heteroatoms. The highest BCUT2D eigenvalue weighted by atomic mass is 35.5. The first-order valence-electron chi connectivity index (χ1n) is 14.1. The number of para-hydroxylation sites is 1. The van der Waals surface area contributed by atoms with Gasteiger partial charge in [-0.3, -0.25) is 15.1 Å². The van der Waals surface area contributed by atoms with Crippen molar-refractivity contribution in [3.05, 3.63) is 88.9 Å². The minimum Gasteiger partial charge on any atom is -0.370 e. The maximum absolute atomic E-state index is 13.1. The number of nitrogens with one attached hydrogen (secondary N) is 1. The van der Waals surface area contributed by atoms with Crippen molar-refractivity contribution in [2.75, 3.05) is 17.7 Å². The van der Waals surface area contributed by atoms with E-state index in [-0.39, 0.29) is 34.6 Å². The van der Waals surface area contributed by atoms with Gasteiger partial charge in [0.15, 0.2) is 11.0 Å². The number of hydrogen-bond acceptors (Lipinski definition) is 7. The van der Waals surface area contributed by atoms with Crippen molar-refractivity contribution in [3.63, 3.8) is 0 Å². The van der Waals surface area contributed by atoms with Gasteiger partial charge in [-0.25, -0.2) is 9.80 Å². The van der Waals surface area contributed by atoms with Crippen LogP contribution in [0.4, 0.5) is 23.7 Å². The van der Waals surface area contributed by atoms with E-state index in [2.05, 4.69) is 25.2 Å². The first-order valence-corrected chi connectivity index (χ1v) is 15.4. The Morgan fingerprint density at radius 2 is 1.78 bits per heavy atom. The second-order valence-corrected chi connectivity index (χ2v) is 12.0. The molecule has 5 rings (SSSR count). The van der Waals surface area contributed by atoms with Gasteiger partial charge in [0.1, 0.15) is 0 Å². The molecule has 1 atom stereocenters. The Balaban J connectivity index is 1.31. The number of aliphatic imine (C=N–C) groups is 1. The molecular weight excluding hydrogens is 643 g/mol. The number of benzene rings is 3. The van der Waals surface area contributed by atoms with E-state index in [4.69, 9.17) is 11.6 Å². The van der Waals surface area contributed by atoms with Crippen molar-refractivity contribution >= 4 is 46.2 Å². The number of carbonyl (C=O) groups excluding carboxylic acids is 2. The molecule has 3 amide bonds. The molecule has 0 saturated carbocycles. The lowest BCUT2D eigenvalue weighted by Gasteiger charge is -2.25. The summed E-state index contributed by atoms with van der Waals surface area (Å²) in [5, 5.41) is 6.51. The number of aromatic nitrogens is 3. The molecule has 0 radical (unpaired) electrons. The van der Waals surface area contributed by atoms with Gasteiger partial charge in [0.05, 0.1) is 23.2 Å². The van der Waals surface area contributed by atoms with Crippen LogP contribution in [-0.4, -0.2) is 56.0 Å². The van der Waals surface area contributed by atoms with Gasteiger partial charge in [0, 0.05) is 17.6 Å². The number of urea groups is 1. The minimum atomic E-state index is -4.95. The highest BCUT2D eigenvalue weighted by Gasteiger charge is 2.35. The Hall–Kier alpha value is -4.40. The summed E-state index contributed by atoms with van der Waals surface area (Å²) in [6.07, 6.45) is -4.95. The number of amides is 3. The number of carbonyl (C=O) groups is 2. The predicted octanol–water partition coefficient (Wildman–Crippen LogP) is 7.36. The number of amidine groups is 1. The second kappa shape index (κ2) is 13.5. The molecule has 240 valence electrons. The Morgan fingerprint density at radius 1 is 1.09 bits per heavy atom. The molecule has 1 unspecified atom stereocenters. The summed E-state index contributed by atoms with van der Waals surface area (Å²) in [5.41, 5.74) is 5.79. The largest absolute Gasteiger partial charge is 0.575 e. The predicted molar refractivity (Wildman–Crippen MR) is 171 cm³/mol. The van der Waals surface area contributed by atoms with E-state index in [1.54, 1.807) is 78.8 Å². The molecule has 1 saturated heterocycles. The van der Waals surface area contributed by atoms with Crippen molar-refractivity contribution in [2.45, 2.75) is 39.1 Å². The smallest absolute Gasteiger partial charge is 0.370 e. The van der Waals surface area contributed by atoms with E-state index < -0.39 is 18.4 Å². The summed E-state index contributed by atoms with van der Waals surface area (Å²) >= 11 is 7.40. The van der Waals surface area contributed by atoms with Gasteiger partial charge in [0.2, 0.25) is 5.91 Å². The number of thioether (sulfide) groups is 1. The first-order chi connectivity index (χ1) is 21.8. The van der Waals surface area contributed by atoms with Crippen molar-refractivity contribution < 1.29 is 27.5 Å². The number of anilines is 1. The molecule has 1 aliphatic rings. The van der Waals surface area contributed by atoms with E-state index in [0.29, 0.717) is 22.0 Å². The number of nitrogens with zero attached hydrogens (tertiary/aromatic N) is 6. The number of hydrazine groups is 1. The van der Waals surface area contributed by atoms with Gasteiger partial charge >= 0.3 is 18.4 Å². The van der Waals surface area contributed by atoms with Crippen LogP contribution in [0.25, 0.3) is 17.1 Å². The number of rotatable bonds is 8. The second-order valence-electron chi connectivity index (χ2n) is 10.6. The van der Waals surface area contributed by atoms with Crippen LogP contribution in [0, 0.1) is 0 Å². The molecule has 0 aliphatic carbocycles. The Morgan fingerprint density at radius 3 is 2.43 bits per heavy atom. The van der Waals surface area contributed by atoms with Gasteiger partial charge in [0.25, 0.3) is 0 Å². The van der Waals surface area contributed by atoms with E-state index in [1.807, 2.05) is 26.8 Å². The molecule has 10 nitrogen and oxygen atoms in total. The summed E-state index contributed by atoms with van der Waals surface area (Å²) in [5.74, 6) is 0.0672. The van der Waals surface area contributed by atoms with Crippen molar-refractivity contribution in [2.24, 2.45) is 4.99 Å². The van der Waals surface area contributed by atoms with E-state index in [0.717, 1.165) is 27.6 Å². The van der Waals surface area contributed by atoms with Crippen LogP contribution in [0.2, 0.25) is 5.02 Å². The average Bonchev–Trinajstić information content (AvgIpc) is 3.58. The first kappa shape index (κ1) is 33.0. The van der Waals surface area contributed by atoms with Crippen molar-refractivity contribution in [1.82, 2.24) is 25.2 Å². The van der Waals surface area contributed by atoms with E-state index >= 15 is 0 Å². The van der Waals surface area contributed by atoms with Gasteiger partial charge in [-0.1, -0.05) is 85.7 Å². The third-order valence-corrected chi connectivity index (χ3v) is 8.27. The zero-order chi connectivity index (χ0) is 33.2. The van der Waals surface area contributed by atoms with E-state index in [1.165, 1.54) is 4.90 Å². The van der Waals surface area contributed by atoms with Crippen LogP contribution in [-0.2, 0) is 4.79 Å². The maximum atomic E-state index is 13.1. The van der Waals surface area contributed by atoms with Gasteiger partial charge in [-0.15, -0.1) is 18.3 Å². The summed E-state index contributed by atoms with van der Waals surface area (Å²) < 4.78 is 44.3. The van der Waals surface area contributed by atoms with Crippen LogP contribution < -0.4 is 15.1 Å². The number of ether oxygens (including phenoxy) is 1. The van der Waals surface area contributed by atoms with Crippen molar-refractivity contribution in [3.8, 4) is 23.1 Å². The van der Waals surface area contributed by atoms with Gasteiger partial charge < -0.3 is 4.74 Å². The van der Waals surface area contributed by atoms with Crippen molar-refractivity contribution in [1.29, 1.82) is 0 Å². The summed E-state index contributed by atoms with van der Waals surface area (Å²) in [7, 11) is 1.67. The topological polar surface area (TPSA) is 105 Å². The summed E-state index contributed by atoms with van der Waals surface area (Å²) in [4.78, 5) is 35.4. The monoisotopic (exact) mass is 671 g/mol. The number of alkyl halides is 3. The summed E-state index contributed by atoms with van der Waals surface area (Å²) in [6.45, 7) is 5.85. The molecule has 1 aromatic heterocycles. The molecule has 2 heterocycles. The van der Waals surface area contributed by atoms with Crippen LogP contribution in [0.5, 0.6) is 6.01 Å². The fraction of sp³-hybridized carbons (Fsp3) is 0.258. The zero-order valence-corrected chi connectivity index (χ0v) is 26.7. The standard InChI is InChI=1S/C31H29ClF3N7O3S/c1-18(2)24-15-14-22(32)16-25(24)41-26(43)17-46-30(41)37-28(44)39-40(4)19(3)20-10-12-21(13-11-20)27-36-29(45-31(33,34)35)42(38-27)23-8-6-5-7-9-23/h5-16,18-19H,17H2,1-4H3,(H,39,44)/b37-30-. The van der Waals surface area contributed by atoms with Gasteiger partial charge in [-0.05, 0) is 48.2 Å². The fourth-order valence-electron chi connectivity index (χ4n) is 4.70. The normalized spacial score (nSPS) is 15.2. The molecule has 1 fully saturated rings. The van der Waals surface area contributed by atoms with Crippen LogP contribution >= 0.6 is 23.4 Å². The molecule has 46 heavy (non-hydrogen) atoms. The Bertz CT molecular complexity index is 1770. The van der Waals surface area contributed by atoms with Crippen LogP contribution in [0.15, 0.2) is 77.8 Å². The third-order valence-electron chi connectivity index (χ3n) is 7.11. The molecule has 0 spiro atoms. The third kappa shape index (κ3) is 7.52. The number of halogens is 4. The molecule has 1 aliphatic heterocycles. The molecule has 4 aromatic rings. The van der Waals surface area contributed by atoms with Crippen LogP contribution in [0.3, 0.4) is 0 Å². The zero-order valence-electron chi connectivity index (χ0n) is 25.1. The Kier molecular flexibility index (Phi) is 9.70. The summed E-state index contributed by atoms with van der Waals surface area (Å²) in [6, 6.07) is 18.6. The van der Waals surface area contributed by atoms with Gasteiger partial charge in [-0.2, -0.15) is 14.7 Å². The average molecular weight is 672 g/mol. The highest BCUT2D eigenvalue weighted by molar-refractivity contribution is 8.15.